The predicted octanol–water partition coefficient (Wildman–Crippen LogP) is 3.65. The third-order valence-corrected chi connectivity index (χ3v) is 5.78. The van der Waals surface area contributed by atoms with Crippen LogP contribution in [0.15, 0.2) is 45.6 Å². The molecule has 9 heteroatoms. The van der Waals surface area contributed by atoms with Gasteiger partial charge in [-0.2, -0.15) is 5.26 Å². The Hall–Kier alpha value is -3.90. The predicted molar refractivity (Wildman–Crippen MR) is 129 cm³/mol. The molecule has 1 aromatic carbocycles. The molecule has 4 heterocycles. The van der Waals surface area contributed by atoms with Crippen molar-refractivity contribution in [2.24, 2.45) is 7.05 Å². The number of pyridine rings is 2. The molecule has 9 nitrogen and oxygen atoms in total. The highest BCUT2D eigenvalue weighted by molar-refractivity contribution is 5.88. The molecule has 1 unspecified atom stereocenters. The summed E-state index contributed by atoms with van der Waals surface area (Å²) in [5.74, 6) is 0.830. The summed E-state index contributed by atoms with van der Waals surface area (Å²) < 4.78 is 12.5. The maximum absolute atomic E-state index is 12.3. The van der Waals surface area contributed by atoms with E-state index in [2.05, 4.69) is 20.9 Å². The molecule has 0 spiro atoms. The average Bonchev–Trinajstić information content (AvgIpc) is 3.21. The highest BCUT2D eigenvalue weighted by atomic mass is 16.5. The lowest BCUT2D eigenvalue weighted by molar-refractivity contribution is 0.0527. The summed E-state index contributed by atoms with van der Waals surface area (Å²) >= 11 is 0. The Kier molecular flexibility index (Phi) is 6.80. The Morgan fingerprint density at radius 2 is 2.09 bits per heavy atom. The van der Waals surface area contributed by atoms with Crippen LogP contribution in [0.3, 0.4) is 0 Å². The average molecular weight is 462 g/mol. The van der Waals surface area contributed by atoms with E-state index in [1.807, 2.05) is 6.92 Å². The minimum atomic E-state index is -0.0717. The van der Waals surface area contributed by atoms with E-state index in [0.29, 0.717) is 34.8 Å². The van der Waals surface area contributed by atoms with Crippen molar-refractivity contribution in [2.75, 3.05) is 24.6 Å². The fraction of sp³-hybridized carbons (Fsp3) is 0.360. The van der Waals surface area contributed by atoms with Crippen molar-refractivity contribution in [3.8, 4) is 11.8 Å². The number of aromatic hydroxyl groups is 1. The summed E-state index contributed by atoms with van der Waals surface area (Å²) in [7, 11) is 1.72. The molecule has 1 aliphatic rings. The lowest BCUT2D eigenvalue weighted by atomic mass is 10.1. The van der Waals surface area contributed by atoms with Crippen molar-refractivity contribution in [3.05, 3.63) is 58.3 Å². The fourth-order valence-corrected chi connectivity index (χ4v) is 4.17. The Labute approximate surface area is 196 Å². The summed E-state index contributed by atoms with van der Waals surface area (Å²) in [5.41, 5.74) is 3.93. The number of ether oxygens (including phenoxy) is 1. The van der Waals surface area contributed by atoms with Gasteiger partial charge in [0.15, 0.2) is 11.5 Å². The second-order valence-corrected chi connectivity index (χ2v) is 8.15. The van der Waals surface area contributed by atoms with Crippen LogP contribution in [0.2, 0.25) is 0 Å². The lowest BCUT2D eigenvalue weighted by Gasteiger charge is -2.34. The Bertz CT molecular complexity index is 1420. The SMILES string of the molecule is CCOC1CCCN(c2cc(=O)n(C)c3ccc(C#N)nc23)C1.Cc1nc2cc(O)ccc2o1. The van der Waals surface area contributed by atoms with E-state index >= 15 is 0 Å². The molecule has 1 atom stereocenters. The number of phenols is 1. The third-order valence-electron chi connectivity index (χ3n) is 5.78. The number of anilines is 1. The van der Waals surface area contributed by atoms with Gasteiger partial charge in [-0.25, -0.2) is 9.97 Å². The highest BCUT2D eigenvalue weighted by Crippen LogP contribution is 2.27. The smallest absolute Gasteiger partial charge is 0.252 e. The van der Waals surface area contributed by atoms with E-state index in [1.54, 1.807) is 54.9 Å². The number of benzene rings is 1. The van der Waals surface area contributed by atoms with Gasteiger partial charge in [0.05, 0.1) is 17.3 Å². The first-order valence-corrected chi connectivity index (χ1v) is 11.2. The number of piperidine rings is 1. The molecule has 1 aliphatic heterocycles. The van der Waals surface area contributed by atoms with Crippen molar-refractivity contribution in [1.29, 1.82) is 5.26 Å². The molecule has 0 amide bonds. The van der Waals surface area contributed by atoms with Gasteiger partial charge in [0, 0.05) is 45.8 Å². The van der Waals surface area contributed by atoms with Gasteiger partial charge in [-0.15, -0.1) is 0 Å². The lowest BCUT2D eigenvalue weighted by Crippen LogP contribution is -2.40. The molecular formula is C25H27N5O4. The second kappa shape index (κ2) is 9.93. The van der Waals surface area contributed by atoms with E-state index in [-0.39, 0.29) is 17.4 Å². The monoisotopic (exact) mass is 461 g/mol. The van der Waals surface area contributed by atoms with Gasteiger partial charge in [-0.05, 0) is 44.0 Å². The molecule has 176 valence electrons. The zero-order chi connectivity index (χ0) is 24.2. The number of oxazole rings is 1. The van der Waals surface area contributed by atoms with Crippen molar-refractivity contribution in [3.63, 3.8) is 0 Å². The van der Waals surface area contributed by atoms with Crippen LogP contribution < -0.4 is 10.5 Å². The maximum atomic E-state index is 12.3. The number of hydrogen-bond donors (Lipinski definition) is 1. The molecule has 34 heavy (non-hydrogen) atoms. The van der Waals surface area contributed by atoms with Crippen LogP contribution in [0.1, 0.15) is 31.4 Å². The van der Waals surface area contributed by atoms with Gasteiger partial charge < -0.3 is 23.7 Å². The topological polar surface area (TPSA) is 117 Å². The first-order chi connectivity index (χ1) is 16.4. The standard InChI is InChI=1S/C17H20N4O2.C8H7NO2/c1-3-23-13-5-4-8-21(11-13)15-9-16(22)20(2)14-7-6-12(10-18)19-17(14)15;1-5-9-7-4-6(10)2-3-8(7)11-5/h6-7,9,13H,3-5,8,11H2,1-2H3;2-4,10H,1H3. The van der Waals surface area contributed by atoms with E-state index in [9.17, 15) is 4.79 Å². The summed E-state index contributed by atoms with van der Waals surface area (Å²) in [4.78, 5) is 22.9. The zero-order valence-electron chi connectivity index (χ0n) is 19.5. The number of rotatable bonds is 3. The van der Waals surface area contributed by atoms with Gasteiger partial charge in [0.25, 0.3) is 5.56 Å². The molecule has 0 aliphatic carbocycles. The number of hydrogen-bond acceptors (Lipinski definition) is 8. The van der Waals surface area contributed by atoms with Crippen molar-refractivity contribution in [1.82, 2.24) is 14.5 Å². The quantitative estimate of drug-likeness (QED) is 0.491. The third kappa shape index (κ3) is 4.87. The van der Waals surface area contributed by atoms with Crippen molar-refractivity contribution >= 4 is 27.8 Å². The molecule has 1 fully saturated rings. The Balaban J connectivity index is 0.000000207. The summed E-state index contributed by atoms with van der Waals surface area (Å²) in [6.07, 6.45) is 2.22. The molecule has 5 rings (SSSR count). The minimum Gasteiger partial charge on any atom is -0.508 e. The molecule has 0 bridgehead atoms. The number of aryl methyl sites for hydroxylation is 2. The number of phenolic OH excluding ortho intramolecular Hbond substituents is 1. The molecule has 4 aromatic rings. The van der Waals surface area contributed by atoms with Crippen LogP contribution in [0.25, 0.3) is 22.1 Å². The number of fused-ring (bicyclic) bond motifs is 2. The number of nitriles is 1. The summed E-state index contributed by atoms with van der Waals surface area (Å²) in [5, 5.41) is 18.2. The van der Waals surface area contributed by atoms with Crippen LogP contribution in [-0.4, -0.2) is 45.4 Å². The first kappa shape index (κ1) is 23.3. The largest absolute Gasteiger partial charge is 0.508 e. The molecule has 1 saturated heterocycles. The van der Waals surface area contributed by atoms with Crippen LogP contribution in [0.4, 0.5) is 5.69 Å². The van der Waals surface area contributed by atoms with Crippen LogP contribution in [0.5, 0.6) is 5.75 Å². The summed E-state index contributed by atoms with van der Waals surface area (Å²) in [6.45, 7) is 6.07. The number of aromatic nitrogens is 3. The highest BCUT2D eigenvalue weighted by Gasteiger charge is 2.23. The van der Waals surface area contributed by atoms with Gasteiger partial charge in [-0.1, -0.05) is 0 Å². The van der Waals surface area contributed by atoms with Gasteiger partial charge in [0.2, 0.25) is 0 Å². The Morgan fingerprint density at radius 3 is 2.85 bits per heavy atom. The van der Waals surface area contributed by atoms with Crippen LogP contribution in [-0.2, 0) is 11.8 Å². The van der Waals surface area contributed by atoms with Crippen LogP contribution >= 0.6 is 0 Å². The van der Waals surface area contributed by atoms with Crippen molar-refractivity contribution < 1.29 is 14.3 Å². The molecule has 0 saturated carbocycles. The van der Waals surface area contributed by atoms with Crippen LogP contribution in [0, 0.1) is 18.3 Å². The van der Waals surface area contributed by atoms with E-state index in [0.717, 1.165) is 37.1 Å². The molecule has 1 N–H and O–H groups in total. The van der Waals surface area contributed by atoms with Crippen molar-refractivity contribution in [2.45, 2.75) is 32.8 Å². The minimum absolute atomic E-state index is 0.0717. The molecular weight excluding hydrogens is 434 g/mol. The number of nitrogens with zero attached hydrogens (tertiary/aromatic N) is 5. The first-order valence-electron chi connectivity index (χ1n) is 11.2. The maximum Gasteiger partial charge on any atom is 0.252 e. The van der Waals surface area contributed by atoms with E-state index in [4.69, 9.17) is 19.5 Å². The molecule has 3 aromatic heterocycles. The van der Waals surface area contributed by atoms with Gasteiger partial charge in [-0.3, -0.25) is 4.79 Å². The van der Waals surface area contributed by atoms with E-state index in [1.165, 1.54) is 0 Å². The zero-order valence-corrected chi connectivity index (χ0v) is 19.5. The van der Waals surface area contributed by atoms with E-state index < -0.39 is 0 Å². The molecule has 0 radical (unpaired) electrons. The van der Waals surface area contributed by atoms with Gasteiger partial charge in [0.1, 0.15) is 28.5 Å². The summed E-state index contributed by atoms with van der Waals surface area (Å²) in [6, 6.07) is 12.0. The Morgan fingerprint density at radius 1 is 1.26 bits per heavy atom. The fourth-order valence-electron chi connectivity index (χ4n) is 4.17. The van der Waals surface area contributed by atoms with Gasteiger partial charge >= 0.3 is 0 Å². The second-order valence-electron chi connectivity index (χ2n) is 8.15. The normalized spacial score (nSPS) is 15.7.